The molecule has 13 heavy (non-hydrogen) atoms. The Kier molecular flexibility index (Phi) is 2.87. The van der Waals surface area contributed by atoms with Crippen molar-refractivity contribution in [2.75, 3.05) is 0 Å². The van der Waals surface area contributed by atoms with Gasteiger partial charge in [-0.25, -0.2) is 13.8 Å². The summed E-state index contributed by atoms with van der Waals surface area (Å²) < 4.78 is 36.3. The van der Waals surface area contributed by atoms with Crippen molar-refractivity contribution in [3.05, 3.63) is 28.8 Å². The molecule has 0 atom stereocenters. The predicted octanol–water partition coefficient (Wildman–Crippen LogP) is 2.32. The molecule has 0 radical (unpaired) electrons. The smallest absolute Gasteiger partial charge is 0.288 e. The van der Waals surface area contributed by atoms with E-state index >= 15 is 0 Å². The van der Waals surface area contributed by atoms with E-state index in [9.17, 15) is 18.0 Å². The van der Waals surface area contributed by atoms with Crippen molar-refractivity contribution in [3.8, 4) is 0 Å². The molecule has 0 N–H and O–H groups in total. The van der Waals surface area contributed by atoms with E-state index in [1.165, 1.54) is 0 Å². The van der Waals surface area contributed by atoms with Gasteiger partial charge in [-0.05, 0) is 6.07 Å². The highest BCUT2D eigenvalue weighted by molar-refractivity contribution is 6.30. The van der Waals surface area contributed by atoms with Crippen LogP contribution in [0.1, 0.15) is 10.4 Å². The Morgan fingerprint density at radius 1 is 1.54 bits per heavy atom. The van der Waals surface area contributed by atoms with Crippen LogP contribution in [0, 0.1) is 5.95 Å². The molecule has 0 saturated heterocycles. The number of alkyl halides is 2. The Hall–Kier alpha value is -1.10. The van der Waals surface area contributed by atoms with E-state index in [0.29, 0.717) is 0 Å². The van der Waals surface area contributed by atoms with Gasteiger partial charge in [-0.2, -0.15) is 4.39 Å². The van der Waals surface area contributed by atoms with Crippen LogP contribution in [0.2, 0.25) is 5.02 Å². The third-order valence-electron chi connectivity index (χ3n) is 1.27. The summed E-state index contributed by atoms with van der Waals surface area (Å²) in [7, 11) is 0. The maximum atomic E-state index is 12.7. The summed E-state index contributed by atoms with van der Waals surface area (Å²) in [5, 5.41) is -0.0644. The second kappa shape index (κ2) is 3.74. The summed E-state index contributed by atoms with van der Waals surface area (Å²) in [6.07, 6.45) is -2.33. The molecule has 1 rings (SSSR count). The topological polar surface area (TPSA) is 30.0 Å². The van der Waals surface area contributed by atoms with E-state index < -0.39 is 23.7 Å². The van der Waals surface area contributed by atoms with Gasteiger partial charge in [-0.15, -0.1) is 0 Å². The van der Waals surface area contributed by atoms with Crippen molar-refractivity contribution in [2.24, 2.45) is 0 Å². The third kappa shape index (κ3) is 2.18. The average Bonchev–Trinajstić information content (AvgIpc) is 2.08. The van der Waals surface area contributed by atoms with Crippen molar-refractivity contribution in [1.29, 1.82) is 0 Å². The maximum absolute atomic E-state index is 12.7. The zero-order valence-electron chi connectivity index (χ0n) is 6.10. The minimum absolute atomic E-state index is 0.0644. The van der Waals surface area contributed by atoms with Crippen molar-refractivity contribution < 1.29 is 18.0 Å². The fourth-order valence-electron chi connectivity index (χ4n) is 0.713. The lowest BCUT2D eigenvalue weighted by Crippen LogP contribution is -2.13. The van der Waals surface area contributed by atoms with E-state index in [0.717, 1.165) is 12.3 Å². The number of aromatic nitrogens is 1. The third-order valence-corrected chi connectivity index (χ3v) is 1.48. The number of hydrogen-bond donors (Lipinski definition) is 0. The number of nitrogens with zero attached hydrogens (tertiary/aromatic N) is 1. The Morgan fingerprint density at radius 3 is 2.69 bits per heavy atom. The normalized spacial score (nSPS) is 10.5. The zero-order valence-corrected chi connectivity index (χ0v) is 6.86. The molecule has 2 nitrogen and oxygen atoms in total. The molecule has 0 aliphatic rings. The monoisotopic (exact) mass is 209 g/mol. The number of rotatable bonds is 2. The van der Waals surface area contributed by atoms with Crippen LogP contribution < -0.4 is 0 Å². The number of ketones is 1. The quantitative estimate of drug-likeness (QED) is 0.553. The molecule has 70 valence electrons. The Balaban J connectivity index is 3.13. The van der Waals surface area contributed by atoms with Gasteiger partial charge >= 0.3 is 6.43 Å². The van der Waals surface area contributed by atoms with Crippen LogP contribution in [0.5, 0.6) is 0 Å². The predicted molar refractivity (Wildman–Crippen MR) is 39.5 cm³/mol. The van der Waals surface area contributed by atoms with Crippen molar-refractivity contribution >= 4 is 17.4 Å². The largest absolute Gasteiger partial charge is 0.300 e. The number of carbonyl (C=O) groups excluding carboxylic acids is 1. The van der Waals surface area contributed by atoms with E-state index in [1.54, 1.807) is 0 Å². The fourth-order valence-corrected chi connectivity index (χ4v) is 0.871. The van der Waals surface area contributed by atoms with Gasteiger partial charge in [0.25, 0.3) is 0 Å². The summed E-state index contributed by atoms with van der Waals surface area (Å²) in [5.74, 6) is -2.86. The molecule has 0 unspecified atom stereocenters. The van der Waals surface area contributed by atoms with Gasteiger partial charge < -0.3 is 0 Å². The van der Waals surface area contributed by atoms with Gasteiger partial charge in [0, 0.05) is 6.20 Å². The van der Waals surface area contributed by atoms with E-state index in [2.05, 4.69) is 4.98 Å². The fraction of sp³-hybridized carbons (Fsp3) is 0.143. The van der Waals surface area contributed by atoms with Crippen LogP contribution in [0.4, 0.5) is 13.2 Å². The summed E-state index contributed by atoms with van der Waals surface area (Å²) >= 11 is 5.34. The molecule has 0 aliphatic heterocycles. The first-order valence-corrected chi connectivity index (χ1v) is 3.53. The molecule has 0 saturated carbocycles. The average molecular weight is 210 g/mol. The zero-order chi connectivity index (χ0) is 10.0. The first kappa shape index (κ1) is 9.98. The molecular formula is C7H3ClF3NO. The summed E-state index contributed by atoms with van der Waals surface area (Å²) in [6.45, 7) is 0. The number of carbonyl (C=O) groups is 1. The van der Waals surface area contributed by atoms with Crippen LogP contribution in [-0.4, -0.2) is 17.2 Å². The molecule has 0 spiro atoms. The Bertz CT molecular complexity index is 343. The standard InChI is InChI=1S/C7H3ClF3NO/c8-3-1-4(5(13)6(9)10)7(11)12-2-3/h1-2,6H. The van der Waals surface area contributed by atoms with Crippen LogP contribution >= 0.6 is 11.6 Å². The first-order chi connectivity index (χ1) is 6.02. The summed E-state index contributed by atoms with van der Waals surface area (Å²) in [6, 6.07) is 0.818. The SMILES string of the molecule is O=C(c1cc(Cl)cnc1F)C(F)F. The van der Waals surface area contributed by atoms with Crippen molar-refractivity contribution in [3.63, 3.8) is 0 Å². The van der Waals surface area contributed by atoms with Crippen LogP contribution in [0.15, 0.2) is 12.3 Å². The maximum Gasteiger partial charge on any atom is 0.300 e. The lowest BCUT2D eigenvalue weighted by molar-refractivity contribution is 0.0673. The van der Waals surface area contributed by atoms with Crippen LogP contribution in [0.3, 0.4) is 0 Å². The molecule has 0 bridgehead atoms. The van der Waals surface area contributed by atoms with Gasteiger partial charge in [0.15, 0.2) is 0 Å². The molecule has 6 heteroatoms. The van der Waals surface area contributed by atoms with Gasteiger partial charge in [-0.3, -0.25) is 4.79 Å². The number of halogens is 4. The van der Waals surface area contributed by atoms with E-state index in [4.69, 9.17) is 11.6 Å². The van der Waals surface area contributed by atoms with Crippen molar-refractivity contribution in [1.82, 2.24) is 4.98 Å². The van der Waals surface area contributed by atoms with E-state index in [-0.39, 0.29) is 5.02 Å². The molecule has 1 aromatic heterocycles. The van der Waals surface area contributed by atoms with E-state index in [1.807, 2.05) is 0 Å². The number of Topliss-reactive ketones (excluding diaryl/α,β-unsaturated/α-hetero) is 1. The molecule has 0 aliphatic carbocycles. The Labute approximate surface area is 76.3 Å². The molecule has 1 heterocycles. The highest BCUT2D eigenvalue weighted by Gasteiger charge is 2.22. The van der Waals surface area contributed by atoms with Crippen LogP contribution in [0.25, 0.3) is 0 Å². The molecular weight excluding hydrogens is 207 g/mol. The number of pyridine rings is 1. The highest BCUT2D eigenvalue weighted by Crippen LogP contribution is 2.15. The molecule has 0 fully saturated rings. The van der Waals surface area contributed by atoms with Gasteiger partial charge in [0.05, 0.1) is 10.6 Å². The lowest BCUT2D eigenvalue weighted by Gasteiger charge is -2.00. The molecule has 1 aromatic rings. The summed E-state index contributed by atoms with van der Waals surface area (Å²) in [4.78, 5) is 13.7. The second-order valence-corrected chi connectivity index (χ2v) is 2.59. The highest BCUT2D eigenvalue weighted by atomic mass is 35.5. The van der Waals surface area contributed by atoms with Gasteiger partial charge in [0.1, 0.15) is 0 Å². The second-order valence-electron chi connectivity index (χ2n) is 2.16. The Morgan fingerprint density at radius 2 is 2.15 bits per heavy atom. The molecule has 0 amide bonds. The van der Waals surface area contributed by atoms with Crippen LogP contribution in [-0.2, 0) is 0 Å². The van der Waals surface area contributed by atoms with Gasteiger partial charge in [-0.1, -0.05) is 11.6 Å². The van der Waals surface area contributed by atoms with Crippen molar-refractivity contribution in [2.45, 2.75) is 6.43 Å². The number of hydrogen-bond acceptors (Lipinski definition) is 2. The minimum Gasteiger partial charge on any atom is -0.288 e. The summed E-state index contributed by atoms with van der Waals surface area (Å²) in [5.41, 5.74) is -0.789. The lowest BCUT2D eigenvalue weighted by atomic mass is 10.2. The van der Waals surface area contributed by atoms with Gasteiger partial charge in [0.2, 0.25) is 11.7 Å². The first-order valence-electron chi connectivity index (χ1n) is 3.16. The molecule has 0 aromatic carbocycles. The minimum atomic E-state index is -3.25.